The van der Waals surface area contributed by atoms with E-state index in [4.69, 9.17) is 39.1 Å². The molecule has 1 unspecified atom stereocenters. The monoisotopic (exact) mass is 1050 g/mol. The molecule has 4 heterocycles. The number of hydrogen-bond acceptors (Lipinski definition) is 14. The Morgan fingerprint density at radius 3 is 2.18 bits per heavy atom. The van der Waals surface area contributed by atoms with Crippen molar-refractivity contribution in [2.75, 3.05) is 51.3 Å². The Morgan fingerprint density at radius 1 is 0.805 bits per heavy atom. The van der Waals surface area contributed by atoms with Crippen molar-refractivity contribution in [1.82, 2.24) is 15.1 Å². The number of ether oxygens (including phenoxy) is 6. The molecule has 0 bridgehead atoms. The number of carbonyl (C=O) groups excluding carboxylic acids is 5. The molecule has 402 valence electrons. The zero-order valence-electron chi connectivity index (χ0n) is 43.9. The van der Waals surface area contributed by atoms with Gasteiger partial charge in [0.25, 0.3) is 11.8 Å². The van der Waals surface area contributed by atoms with E-state index in [9.17, 15) is 29.1 Å². The van der Waals surface area contributed by atoms with Crippen LogP contribution in [0.4, 0.5) is 21.9 Å². The summed E-state index contributed by atoms with van der Waals surface area (Å²) in [4.78, 5) is 77.2. The first kappa shape index (κ1) is 52.3. The van der Waals surface area contributed by atoms with Crippen molar-refractivity contribution in [2.45, 2.75) is 89.9 Å². The molecule has 1 spiro atoms. The van der Waals surface area contributed by atoms with E-state index < -0.39 is 42.3 Å². The summed E-state index contributed by atoms with van der Waals surface area (Å²) in [7, 11) is 4.61. The van der Waals surface area contributed by atoms with Crippen LogP contribution in [0.2, 0.25) is 0 Å². The van der Waals surface area contributed by atoms with Crippen LogP contribution >= 0.6 is 0 Å². The van der Waals surface area contributed by atoms with Crippen LogP contribution in [0, 0.1) is 11.3 Å². The summed E-state index contributed by atoms with van der Waals surface area (Å²) in [5.41, 5.74) is 9.98. The highest BCUT2D eigenvalue weighted by atomic mass is 16.6. The summed E-state index contributed by atoms with van der Waals surface area (Å²) < 4.78 is 35.1. The van der Waals surface area contributed by atoms with E-state index in [2.05, 4.69) is 28.8 Å². The molecule has 5 N–H and O–H groups in total. The number of nitrogens with one attached hydrogen (secondary N) is 2. The fraction of sp³-hybridized carbons (Fsp3) is 0.379. The lowest BCUT2D eigenvalue weighted by Crippen LogP contribution is -2.50. The molecular weight excluding hydrogens is 987 g/mol. The predicted octanol–water partition coefficient (Wildman–Crippen LogP) is 7.58. The number of fused-ring (bicyclic) bond motifs is 5. The molecule has 2 fully saturated rings. The molecule has 77 heavy (non-hydrogen) atoms. The van der Waals surface area contributed by atoms with Gasteiger partial charge in [0.15, 0.2) is 29.2 Å². The number of rotatable bonds is 17. The largest absolute Gasteiger partial charge is 0.497 e. The molecule has 0 aromatic heterocycles. The zero-order valence-corrected chi connectivity index (χ0v) is 43.9. The van der Waals surface area contributed by atoms with E-state index in [1.807, 2.05) is 38.2 Å². The number of methoxy groups -OCH3 is 3. The minimum absolute atomic E-state index is 0.0967. The Bertz CT molecular complexity index is 3210. The fourth-order valence-corrected chi connectivity index (χ4v) is 10.4. The number of anilines is 2. The Morgan fingerprint density at radius 2 is 1.49 bits per heavy atom. The number of hydrogen-bond donors (Lipinski definition) is 4. The number of amides is 5. The standard InChI is InChI=1S/C58H63N7O12/c1-32(2)51(59)53(67)61-33(3)52(66)62-39-13-8-34(9-14-39)30-77-57(71)65-45-26-50(48(74-6)24-43(45)55(69)64-31-58(16-17-58)27-46(64)56(65)70)76-19-7-18-75-49-25-44-42(23-47(49)73-5)54(68)63-29-38(21-40(63)28-60-44)36-10-11-37-22-41(72-4)15-12-35(37)20-36/h8-15,20,22-26,28-29,32-33,40,46,51,56,70H,7,16-19,21,27,30-31,59H2,1-6H3,(H,61,67)(H,62,66)/t33-,40-,46-,51-,56?/m0/s1. The van der Waals surface area contributed by atoms with Crippen LogP contribution in [0.15, 0.2) is 96.1 Å². The van der Waals surface area contributed by atoms with Gasteiger partial charge >= 0.3 is 6.09 Å². The molecule has 5 aliphatic rings. The lowest BCUT2D eigenvalue weighted by Gasteiger charge is -2.31. The Labute approximate surface area is 445 Å². The first-order valence-electron chi connectivity index (χ1n) is 25.8. The first-order valence-corrected chi connectivity index (χ1v) is 25.8. The maximum Gasteiger partial charge on any atom is 0.416 e. The second-order valence-corrected chi connectivity index (χ2v) is 20.7. The van der Waals surface area contributed by atoms with Crippen molar-refractivity contribution < 1.29 is 57.5 Å². The normalized spacial score (nSPS) is 19.5. The third kappa shape index (κ3) is 10.6. The van der Waals surface area contributed by atoms with Gasteiger partial charge in [0, 0.05) is 49.6 Å². The minimum atomic E-state index is -1.44. The second-order valence-electron chi connectivity index (χ2n) is 20.7. The summed E-state index contributed by atoms with van der Waals surface area (Å²) in [5.74, 6) is 0.484. The molecule has 0 radical (unpaired) electrons. The molecule has 5 atom stereocenters. The van der Waals surface area contributed by atoms with Crippen molar-refractivity contribution in [1.29, 1.82) is 0 Å². The number of benzene rings is 5. The van der Waals surface area contributed by atoms with Crippen LogP contribution in [0.25, 0.3) is 16.3 Å². The van der Waals surface area contributed by atoms with Crippen molar-refractivity contribution >= 4 is 69.3 Å². The van der Waals surface area contributed by atoms with E-state index in [-0.39, 0.29) is 71.8 Å². The lowest BCUT2D eigenvalue weighted by atomic mass is 9.99. The predicted molar refractivity (Wildman–Crippen MR) is 288 cm³/mol. The van der Waals surface area contributed by atoms with Gasteiger partial charge in [0.1, 0.15) is 18.4 Å². The summed E-state index contributed by atoms with van der Waals surface area (Å²) in [6, 6.07) is 22.6. The number of aliphatic imine (C=N–C) groups is 1. The first-order chi connectivity index (χ1) is 37.1. The van der Waals surface area contributed by atoms with Gasteiger partial charge in [-0.05, 0) is 107 Å². The van der Waals surface area contributed by atoms with Crippen LogP contribution in [-0.2, 0) is 20.9 Å². The Hall–Kier alpha value is -8.16. The average molecular weight is 1050 g/mol. The van der Waals surface area contributed by atoms with Crippen LogP contribution < -0.4 is 45.0 Å². The SMILES string of the molecule is COc1ccc2cc(C3=CN4C(=O)c5cc(OC)c(OCCCOc6cc7c(cc6OC)C(=O)N6CC8(CC8)C[C@H]6C(O)N7C(=O)OCc6ccc(NC(=O)[C@H](C)NC(=O)[C@@H](N)C(C)C)cc6)cc5N=C[C@@H]4C3)ccc2c1. The van der Waals surface area contributed by atoms with E-state index in [0.717, 1.165) is 45.4 Å². The molecule has 5 aromatic carbocycles. The maximum atomic E-state index is 14.4. The Balaban J connectivity index is 0.797. The van der Waals surface area contributed by atoms with Gasteiger partial charge in [-0.1, -0.05) is 44.2 Å². The number of aliphatic hydroxyl groups excluding tert-OH is 1. The van der Waals surface area contributed by atoms with E-state index in [0.29, 0.717) is 59.8 Å². The smallest absolute Gasteiger partial charge is 0.416 e. The molecule has 1 aliphatic carbocycles. The highest BCUT2D eigenvalue weighted by molar-refractivity contribution is 6.07. The van der Waals surface area contributed by atoms with Gasteiger partial charge in [-0.25, -0.2) is 9.69 Å². The summed E-state index contributed by atoms with van der Waals surface area (Å²) in [5, 5.41) is 19.6. The van der Waals surface area contributed by atoms with Crippen molar-refractivity contribution in [2.24, 2.45) is 22.1 Å². The third-order valence-corrected chi connectivity index (χ3v) is 15.1. The number of carbonyl (C=O) groups is 5. The molecular formula is C58H63N7O12. The molecule has 5 amide bonds. The minimum Gasteiger partial charge on any atom is -0.497 e. The zero-order chi connectivity index (χ0) is 54.3. The maximum absolute atomic E-state index is 14.4. The fourth-order valence-electron chi connectivity index (χ4n) is 10.4. The van der Waals surface area contributed by atoms with E-state index in [1.54, 1.807) is 66.4 Å². The molecule has 19 heteroatoms. The lowest BCUT2D eigenvalue weighted by molar-refractivity contribution is -0.127. The molecule has 1 saturated heterocycles. The van der Waals surface area contributed by atoms with Crippen LogP contribution in [-0.4, -0.2) is 122 Å². The van der Waals surface area contributed by atoms with Gasteiger partial charge in [0.2, 0.25) is 11.8 Å². The van der Waals surface area contributed by atoms with Crippen LogP contribution in [0.5, 0.6) is 28.7 Å². The summed E-state index contributed by atoms with van der Waals surface area (Å²) in [6.45, 7) is 5.74. The van der Waals surface area contributed by atoms with Crippen LogP contribution in [0.1, 0.15) is 84.7 Å². The van der Waals surface area contributed by atoms with Gasteiger partial charge < -0.3 is 59.7 Å². The molecule has 1 saturated carbocycles. The molecule has 19 nitrogen and oxygen atoms in total. The third-order valence-electron chi connectivity index (χ3n) is 15.1. The Kier molecular flexibility index (Phi) is 14.6. The van der Waals surface area contributed by atoms with Crippen LogP contribution in [0.3, 0.4) is 0 Å². The highest BCUT2D eigenvalue weighted by Crippen LogP contribution is 2.57. The second kappa shape index (κ2) is 21.5. The summed E-state index contributed by atoms with van der Waals surface area (Å²) in [6.07, 6.45) is 4.69. The van der Waals surface area contributed by atoms with Gasteiger partial charge in [-0.3, -0.25) is 24.2 Å². The number of nitrogens with two attached hydrogens (primary N) is 1. The molecule has 5 aromatic rings. The van der Waals surface area contributed by atoms with E-state index >= 15 is 0 Å². The number of aliphatic hydroxyl groups is 1. The van der Waals surface area contributed by atoms with Crippen molar-refractivity contribution in [3.63, 3.8) is 0 Å². The van der Waals surface area contributed by atoms with Gasteiger partial charge in [0.05, 0.1) is 75.2 Å². The quantitative estimate of drug-likeness (QED) is 0.0659. The highest BCUT2D eigenvalue weighted by Gasteiger charge is 2.58. The topological polar surface area (TPSA) is 233 Å². The van der Waals surface area contributed by atoms with Crippen molar-refractivity contribution in [3.05, 3.63) is 113 Å². The number of nitrogens with zero attached hydrogens (tertiary/aromatic N) is 4. The van der Waals surface area contributed by atoms with E-state index in [1.165, 1.54) is 26.4 Å². The van der Waals surface area contributed by atoms with Gasteiger partial charge in [-0.15, -0.1) is 0 Å². The molecule has 10 rings (SSSR count). The molecule has 4 aliphatic heterocycles. The summed E-state index contributed by atoms with van der Waals surface area (Å²) >= 11 is 0. The van der Waals surface area contributed by atoms with Crippen molar-refractivity contribution in [3.8, 4) is 28.7 Å². The average Bonchev–Trinajstić information content (AvgIpc) is 4.13. The van der Waals surface area contributed by atoms with Gasteiger partial charge in [-0.2, -0.15) is 0 Å².